The zero-order valence-corrected chi connectivity index (χ0v) is 14.9. The molecule has 2 rings (SSSR count). The maximum atomic E-state index is 5.90. The molecule has 0 unspecified atom stereocenters. The van der Waals surface area contributed by atoms with Crippen LogP contribution in [-0.2, 0) is 20.1 Å². The van der Waals surface area contributed by atoms with Gasteiger partial charge >= 0.3 is 0 Å². The predicted octanol–water partition coefficient (Wildman–Crippen LogP) is 2.95. The van der Waals surface area contributed by atoms with Gasteiger partial charge in [-0.15, -0.1) is 0 Å². The number of aryl methyl sites for hydroxylation is 2. The van der Waals surface area contributed by atoms with Gasteiger partial charge in [0.05, 0.1) is 12.2 Å². The van der Waals surface area contributed by atoms with Gasteiger partial charge in [0.1, 0.15) is 0 Å². The molecule has 0 bridgehead atoms. The van der Waals surface area contributed by atoms with Gasteiger partial charge in [0, 0.05) is 36.4 Å². The SMILES string of the molecule is CCNC(=NCc1ccc(Cl)cc1)NCc1c(C)nn(C)c1C. The van der Waals surface area contributed by atoms with Gasteiger partial charge in [-0.2, -0.15) is 5.10 Å². The summed E-state index contributed by atoms with van der Waals surface area (Å²) in [4.78, 5) is 4.62. The Morgan fingerprint density at radius 2 is 1.91 bits per heavy atom. The van der Waals surface area contributed by atoms with E-state index in [9.17, 15) is 0 Å². The number of aromatic nitrogens is 2. The molecule has 1 heterocycles. The molecule has 5 nitrogen and oxygen atoms in total. The Morgan fingerprint density at radius 1 is 1.22 bits per heavy atom. The van der Waals surface area contributed by atoms with Crippen molar-refractivity contribution in [1.82, 2.24) is 20.4 Å². The third-order valence-electron chi connectivity index (χ3n) is 3.77. The van der Waals surface area contributed by atoms with Gasteiger partial charge in [0.2, 0.25) is 0 Å². The van der Waals surface area contributed by atoms with E-state index in [1.54, 1.807) is 0 Å². The van der Waals surface area contributed by atoms with Crippen LogP contribution in [0.4, 0.5) is 0 Å². The molecule has 1 aromatic heterocycles. The third-order valence-corrected chi connectivity index (χ3v) is 4.02. The highest BCUT2D eigenvalue weighted by Crippen LogP contribution is 2.12. The Hall–Kier alpha value is -2.01. The van der Waals surface area contributed by atoms with E-state index in [2.05, 4.69) is 34.6 Å². The first-order valence-electron chi connectivity index (χ1n) is 7.77. The fraction of sp³-hybridized carbons (Fsp3) is 0.412. The Labute approximate surface area is 142 Å². The highest BCUT2D eigenvalue weighted by atomic mass is 35.5. The Balaban J connectivity index is 2.03. The number of guanidine groups is 1. The van der Waals surface area contributed by atoms with Crippen LogP contribution in [-0.4, -0.2) is 22.3 Å². The van der Waals surface area contributed by atoms with Crippen LogP contribution in [0.5, 0.6) is 0 Å². The molecule has 0 aliphatic rings. The monoisotopic (exact) mass is 333 g/mol. The number of rotatable bonds is 5. The minimum Gasteiger partial charge on any atom is -0.357 e. The zero-order chi connectivity index (χ0) is 16.8. The molecule has 0 saturated carbocycles. The molecule has 0 fully saturated rings. The van der Waals surface area contributed by atoms with E-state index in [-0.39, 0.29) is 0 Å². The third kappa shape index (κ3) is 4.73. The molecular formula is C17H24ClN5. The highest BCUT2D eigenvalue weighted by Gasteiger charge is 2.09. The summed E-state index contributed by atoms with van der Waals surface area (Å²) >= 11 is 5.90. The molecule has 2 aromatic rings. The van der Waals surface area contributed by atoms with Crippen LogP contribution in [0.2, 0.25) is 5.02 Å². The molecule has 0 atom stereocenters. The number of hydrogen-bond donors (Lipinski definition) is 2. The Morgan fingerprint density at radius 3 is 2.48 bits per heavy atom. The van der Waals surface area contributed by atoms with Gasteiger partial charge in [-0.25, -0.2) is 4.99 Å². The lowest BCUT2D eigenvalue weighted by molar-refractivity contribution is 0.728. The molecule has 0 saturated heterocycles. The maximum absolute atomic E-state index is 5.90. The first-order valence-corrected chi connectivity index (χ1v) is 8.14. The summed E-state index contributed by atoms with van der Waals surface area (Å²) in [5, 5.41) is 11.8. The van der Waals surface area contributed by atoms with Crippen LogP contribution in [0.1, 0.15) is 29.4 Å². The summed E-state index contributed by atoms with van der Waals surface area (Å²) in [6.45, 7) is 8.30. The van der Waals surface area contributed by atoms with E-state index in [1.165, 1.54) is 11.3 Å². The molecule has 0 radical (unpaired) electrons. The van der Waals surface area contributed by atoms with Crippen molar-refractivity contribution < 1.29 is 0 Å². The molecule has 6 heteroatoms. The van der Waals surface area contributed by atoms with Crippen molar-refractivity contribution in [3.05, 3.63) is 51.8 Å². The molecular weight excluding hydrogens is 310 g/mol. The van der Waals surface area contributed by atoms with Gasteiger partial charge in [-0.05, 0) is 38.5 Å². The summed E-state index contributed by atoms with van der Waals surface area (Å²) in [6, 6.07) is 7.75. The van der Waals surface area contributed by atoms with Gasteiger partial charge in [0.15, 0.2) is 5.96 Å². The number of aliphatic imine (C=N–C) groups is 1. The largest absolute Gasteiger partial charge is 0.357 e. The summed E-state index contributed by atoms with van der Waals surface area (Å²) in [7, 11) is 1.96. The molecule has 0 amide bonds. The average molecular weight is 334 g/mol. The number of nitrogens with zero attached hydrogens (tertiary/aromatic N) is 3. The standard InChI is InChI=1S/C17H24ClN5/c1-5-19-17(20-10-14-6-8-15(18)9-7-14)21-11-16-12(2)22-23(4)13(16)3/h6-9H,5,10-11H2,1-4H3,(H2,19,20,21). The van der Waals surface area contributed by atoms with Gasteiger partial charge < -0.3 is 10.6 Å². The van der Waals surface area contributed by atoms with Gasteiger partial charge in [-0.3, -0.25) is 4.68 Å². The quantitative estimate of drug-likeness (QED) is 0.653. The van der Waals surface area contributed by atoms with E-state index in [4.69, 9.17) is 11.6 Å². The second kappa shape index (κ2) is 8.02. The fourth-order valence-corrected chi connectivity index (χ4v) is 2.47. The minimum absolute atomic E-state index is 0.609. The average Bonchev–Trinajstić information content (AvgIpc) is 2.77. The smallest absolute Gasteiger partial charge is 0.191 e. The number of halogens is 1. The van der Waals surface area contributed by atoms with Crippen molar-refractivity contribution in [1.29, 1.82) is 0 Å². The first kappa shape index (κ1) is 17.3. The number of hydrogen-bond acceptors (Lipinski definition) is 2. The molecule has 23 heavy (non-hydrogen) atoms. The molecule has 1 aromatic carbocycles. The van der Waals surface area contributed by atoms with Crippen molar-refractivity contribution >= 4 is 17.6 Å². The van der Waals surface area contributed by atoms with E-state index < -0.39 is 0 Å². The summed E-state index contributed by atoms with van der Waals surface area (Å²) in [5.41, 5.74) is 4.56. The second-order valence-electron chi connectivity index (χ2n) is 5.45. The van der Waals surface area contributed by atoms with Crippen LogP contribution in [0.15, 0.2) is 29.3 Å². The maximum Gasteiger partial charge on any atom is 0.191 e. The van der Waals surface area contributed by atoms with Crippen molar-refractivity contribution in [2.24, 2.45) is 12.0 Å². The van der Waals surface area contributed by atoms with Crippen LogP contribution < -0.4 is 10.6 Å². The first-order chi connectivity index (χ1) is 11.0. The van der Waals surface area contributed by atoms with Crippen LogP contribution in [0.25, 0.3) is 0 Å². The van der Waals surface area contributed by atoms with Crippen LogP contribution in [0, 0.1) is 13.8 Å². The summed E-state index contributed by atoms with van der Waals surface area (Å²) < 4.78 is 1.91. The molecule has 2 N–H and O–H groups in total. The number of nitrogens with one attached hydrogen (secondary N) is 2. The van der Waals surface area contributed by atoms with Crippen molar-refractivity contribution in [2.45, 2.75) is 33.9 Å². The van der Waals surface area contributed by atoms with Crippen molar-refractivity contribution in [3.8, 4) is 0 Å². The minimum atomic E-state index is 0.609. The fourth-order valence-electron chi connectivity index (χ4n) is 2.35. The topological polar surface area (TPSA) is 54.2 Å². The zero-order valence-electron chi connectivity index (χ0n) is 14.2. The van der Waals surface area contributed by atoms with E-state index in [1.807, 2.05) is 42.9 Å². The number of benzene rings is 1. The van der Waals surface area contributed by atoms with Crippen molar-refractivity contribution in [3.63, 3.8) is 0 Å². The Bertz CT molecular complexity index is 673. The molecule has 0 spiro atoms. The lowest BCUT2D eigenvalue weighted by Gasteiger charge is -2.11. The van der Waals surface area contributed by atoms with Crippen LogP contribution in [0.3, 0.4) is 0 Å². The van der Waals surface area contributed by atoms with Crippen LogP contribution >= 0.6 is 11.6 Å². The predicted molar refractivity (Wildman–Crippen MR) is 95.8 cm³/mol. The lowest BCUT2D eigenvalue weighted by Crippen LogP contribution is -2.37. The summed E-state index contributed by atoms with van der Waals surface area (Å²) in [5.74, 6) is 0.796. The molecule has 0 aliphatic heterocycles. The van der Waals surface area contributed by atoms with E-state index in [0.29, 0.717) is 13.1 Å². The summed E-state index contributed by atoms with van der Waals surface area (Å²) in [6.07, 6.45) is 0. The second-order valence-corrected chi connectivity index (χ2v) is 5.88. The van der Waals surface area contributed by atoms with Crippen molar-refractivity contribution in [2.75, 3.05) is 6.54 Å². The normalized spacial score (nSPS) is 11.6. The molecule has 0 aliphatic carbocycles. The lowest BCUT2D eigenvalue weighted by atomic mass is 10.2. The molecule has 124 valence electrons. The van der Waals surface area contributed by atoms with E-state index in [0.717, 1.165) is 28.8 Å². The van der Waals surface area contributed by atoms with Gasteiger partial charge in [0.25, 0.3) is 0 Å². The highest BCUT2D eigenvalue weighted by molar-refractivity contribution is 6.30. The Kier molecular flexibility index (Phi) is 6.04. The van der Waals surface area contributed by atoms with E-state index >= 15 is 0 Å². The van der Waals surface area contributed by atoms with Gasteiger partial charge in [-0.1, -0.05) is 23.7 Å².